The Bertz CT molecular complexity index is 903. The maximum absolute atomic E-state index is 5.95. The van der Waals surface area contributed by atoms with Crippen LogP contribution in [-0.2, 0) is 17.7 Å². The summed E-state index contributed by atoms with van der Waals surface area (Å²) >= 11 is 1.83. The molecule has 0 amide bonds. The van der Waals surface area contributed by atoms with E-state index in [0.717, 1.165) is 64.7 Å². The molecular weight excluding hydrogens is 380 g/mol. The molecule has 4 nitrogen and oxygen atoms in total. The highest BCUT2D eigenvalue weighted by Crippen LogP contribution is 2.25. The van der Waals surface area contributed by atoms with Crippen LogP contribution >= 0.6 is 11.3 Å². The Balaban J connectivity index is 1.13. The van der Waals surface area contributed by atoms with Crippen molar-refractivity contribution in [1.29, 1.82) is 0 Å². The Kier molecular flexibility index (Phi) is 7.17. The quantitative estimate of drug-likeness (QED) is 0.492. The zero-order chi connectivity index (χ0) is 19.9. The first-order valence-electron chi connectivity index (χ1n) is 10.4. The number of methoxy groups -OCH3 is 1. The first-order chi connectivity index (χ1) is 14.3. The highest BCUT2D eigenvalue weighted by molar-refractivity contribution is 7.17. The smallest absolute Gasteiger partial charge is 0.119 e. The number of nitrogens with zero attached hydrogens (tertiary/aromatic N) is 2. The molecule has 1 aliphatic rings. The average Bonchev–Trinajstić information content (AvgIpc) is 3.24. The lowest BCUT2D eigenvalue weighted by Crippen LogP contribution is -2.46. The van der Waals surface area contributed by atoms with Gasteiger partial charge in [-0.15, -0.1) is 11.3 Å². The van der Waals surface area contributed by atoms with E-state index in [2.05, 4.69) is 57.6 Å². The van der Waals surface area contributed by atoms with Crippen LogP contribution in [-0.4, -0.2) is 62.8 Å². The molecule has 0 unspecified atom stereocenters. The lowest BCUT2D eigenvalue weighted by molar-refractivity contribution is 0.0748. The molecule has 0 bridgehead atoms. The molecule has 0 aliphatic carbocycles. The lowest BCUT2D eigenvalue weighted by Gasteiger charge is -2.34. The molecule has 0 saturated carbocycles. The van der Waals surface area contributed by atoms with Gasteiger partial charge in [0.1, 0.15) is 5.75 Å². The molecule has 0 atom stereocenters. The highest BCUT2D eigenvalue weighted by Gasteiger charge is 2.16. The Morgan fingerprint density at radius 1 is 0.931 bits per heavy atom. The molecule has 0 spiro atoms. The first-order valence-corrected chi connectivity index (χ1v) is 11.3. The zero-order valence-electron chi connectivity index (χ0n) is 17.2. The van der Waals surface area contributed by atoms with Gasteiger partial charge in [0.05, 0.1) is 20.3 Å². The van der Waals surface area contributed by atoms with E-state index in [1.54, 1.807) is 7.11 Å². The van der Waals surface area contributed by atoms with Crippen LogP contribution in [0.15, 0.2) is 53.9 Å². The van der Waals surface area contributed by atoms with Gasteiger partial charge in [0.25, 0.3) is 0 Å². The summed E-state index contributed by atoms with van der Waals surface area (Å²) in [6.45, 7) is 8.08. The van der Waals surface area contributed by atoms with Crippen molar-refractivity contribution in [2.24, 2.45) is 0 Å². The standard InChI is InChI=1S/C24H30N2O2S/c1-27-23-7-2-4-20(18-23)19-26-12-10-25(11-13-26)14-16-28-15-8-21-5-3-6-22-9-17-29-24(21)22/h2-7,9,17-18H,8,10-16,19H2,1H3. The van der Waals surface area contributed by atoms with Crippen LogP contribution in [0, 0.1) is 0 Å². The van der Waals surface area contributed by atoms with Crippen LogP contribution in [0.5, 0.6) is 5.75 Å². The third-order valence-electron chi connectivity index (χ3n) is 5.63. The summed E-state index contributed by atoms with van der Waals surface area (Å²) in [6, 6.07) is 17.1. The maximum Gasteiger partial charge on any atom is 0.119 e. The van der Waals surface area contributed by atoms with Crippen LogP contribution < -0.4 is 4.74 Å². The predicted octanol–water partition coefficient (Wildman–Crippen LogP) is 4.29. The van der Waals surface area contributed by atoms with Crippen LogP contribution in [0.1, 0.15) is 11.1 Å². The van der Waals surface area contributed by atoms with Gasteiger partial charge in [0.2, 0.25) is 0 Å². The molecule has 154 valence electrons. The normalized spacial score (nSPS) is 15.8. The molecule has 1 aromatic heterocycles. The molecule has 1 saturated heterocycles. The van der Waals surface area contributed by atoms with E-state index in [-0.39, 0.29) is 0 Å². The Labute approximate surface area is 177 Å². The summed E-state index contributed by atoms with van der Waals surface area (Å²) < 4.78 is 12.7. The third-order valence-corrected chi connectivity index (χ3v) is 6.64. The number of hydrogen-bond acceptors (Lipinski definition) is 5. The second kappa shape index (κ2) is 10.2. The molecule has 29 heavy (non-hydrogen) atoms. The van der Waals surface area contributed by atoms with E-state index in [4.69, 9.17) is 9.47 Å². The average molecular weight is 411 g/mol. The van der Waals surface area contributed by atoms with Gasteiger partial charge >= 0.3 is 0 Å². The SMILES string of the molecule is COc1cccc(CN2CCN(CCOCCc3cccc4ccsc34)CC2)c1. The van der Waals surface area contributed by atoms with E-state index in [0.29, 0.717) is 0 Å². The van der Waals surface area contributed by atoms with Gasteiger partial charge in [0.15, 0.2) is 0 Å². The molecule has 4 rings (SSSR count). The molecule has 5 heteroatoms. The second-order valence-corrected chi connectivity index (χ2v) is 8.50. The molecule has 1 fully saturated rings. The predicted molar refractivity (Wildman–Crippen MR) is 121 cm³/mol. The number of rotatable bonds is 9. The number of thiophene rings is 1. The molecule has 0 N–H and O–H groups in total. The maximum atomic E-state index is 5.95. The summed E-state index contributed by atoms with van der Waals surface area (Å²) in [6.07, 6.45) is 0.992. The van der Waals surface area contributed by atoms with Gasteiger partial charge in [-0.2, -0.15) is 0 Å². The van der Waals surface area contributed by atoms with Gasteiger partial charge in [-0.25, -0.2) is 0 Å². The molecule has 1 aliphatic heterocycles. The zero-order valence-corrected chi connectivity index (χ0v) is 18.0. The topological polar surface area (TPSA) is 24.9 Å². The summed E-state index contributed by atoms with van der Waals surface area (Å²) in [4.78, 5) is 5.04. The Hall–Kier alpha value is -1.92. The van der Waals surface area contributed by atoms with Crippen LogP contribution in [0.4, 0.5) is 0 Å². The monoisotopic (exact) mass is 410 g/mol. The summed E-state index contributed by atoms with van der Waals surface area (Å²) in [5.74, 6) is 0.939. The van der Waals surface area contributed by atoms with E-state index in [1.807, 2.05) is 17.4 Å². The fourth-order valence-electron chi connectivity index (χ4n) is 3.93. The van der Waals surface area contributed by atoms with Gasteiger partial charge in [-0.3, -0.25) is 9.80 Å². The summed E-state index contributed by atoms with van der Waals surface area (Å²) in [7, 11) is 1.72. The van der Waals surface area contributed by atoms with Gasteiger partial charge in [-0.1, -0.05) is 30.3 Å². The van der Waals surface area contributed by atoms with Crippen LogP contribution in [0.3, 0.4) is 0 Å². The fraction of sp³-hybridized carbons (Fsp3) is 0.417. The second-order valence-electron chi connectivity index (χ2n) is 7.59. The molecular formula is C24H30N2O2S. The molecule has 3 aromatic rings. The number of hydrogen-bond donors (Lipinski definition) is 0. The van der Waals surface area contributed by atoms with Crippen molar-refractivity contribution < 1.29 is 9.47 Å². The molecule has 2 heterocycles. The Morgan fingerprint density at radius 3 is 2.62 bits per heavy atom. The van der Waals surface area contributed by atoms with Gasteiger partial charge in [-0.05, 0) is 46.5 Å². The first kappa shape index (κ1) is 20.4. The van der Waals surface area contributed by atoms with Crippen molar-refractivity contribution in [1.82, 2.24) is 9.80 Å². The summed E-state index contributed by atoms with van der Waals surface area (Å²) in [5, 5.41) is 3.52. The van der Waals surface area contributed by atoms with Crippen LogP contribution in [0.2, 0.25) is 0 Å². The van der Waals surface area contributed by atoms with E-state index in [9.17, 15) is 0 Å². The number of fused-ring (bicyclic) bond motifs is 1. The fourth-order valence-corrected chi connectivity index (χ4v) is 4.87. The van der Waals surface area contributed by atoms with Crippen molar-refractivity contribution in [2.75, 3.05) is 53.0 Å². The van der Waals surface area contributed by atoms with Crippen molar-refractivity contribution in [3.05, 3.63) is 65.0 Å². The molecule has 0 radical (unpaired) electrons. The van der Waals surface area contributed by atoms with Gasteiger partial charge < -0.3 is 9.47 Å². The van der Waals surface area contributed by atoms with Crippen molar-refractivity contribution in [2.45, 2.75) is 13.0 Å². The van der Waals surface area contributed by atoms with Crippen LogP contribution in [0.25, 0.3) is 10.1 Å². The van der Waals surface area contributed by atoms with E-state index < -0.39 is 0 Å². The van der Waals surface area contributed by atoms with E-state index >= 15 is 0 Å². The Morgan fingerprint density at radius 2 is 1.76 bits per heavy atom. The number of ether oxygens (including phenoxy) is 2. The lowest BCUT2D eigenvalue weighted by atomic mass is 10.1. The number of piperazine rings is 1. The highest BCUT2D eigenvalue weighted by atomic mass is 32.1. The van der Waals surface area contributed by atoms with Crippen molar-refractivity contribution in [3.8, 4) is 5.75 Å². The minimum atomic E-state index is 0.798. The number of benzene rings is 2. The van der Waals surface area contributed by atoms with Crippen molar-refractivity contribution >= 4 is 21.4 Å². The third kappa shape index (κ3) is 5.58. The van der Waals surface area contributed by atoms with Crippen molar-refractivity contribution in [3.63, 3.8) is 0 Å². The largest absolute Gasteiger partial charge is 0.497 e. The van der Waals surface area contributed by atoms with E-state index in [1.165, 1.54) is 21.2 Å². The van der Waals surface area contributed by atoms with Gasteiger partial charge in [0, 0.05) is 44.0 Å². The minimum absolute atomic E-state index is 0.798. The molecule has 2 aromatic carbocycles. The summed E-state index contributed by atoms with van der Waals surface area (Å²) in [5.41, 5.74) is 2.73. The minimum Gasteiger partial charge on any atom is -0.497 e.